The van der Waals surface area contributed by atoms with E-state index in [1.807, 2.05) is 0 Å². The van der Waals surface area contributed by atoms with Gasteiger partial charge in [0.25, 0.3) is 0 Å². The van der Waals surface area contributed by atoms with Crippen molar-refractivity contribution in [2.45, 2.75) is 0 Å². The number of hydrogen-bond donors (Lipinski definition) is 0. The van der Waals surface area contributed by atoms with E-state index in [-0.39, 0.29) is 27.8 Å². The summed E-state index contributed by atoms with van der Waals surface area (Å²) >= 11 is -6.94. The predicted octanol–water partition coefficient (Wildman–Crippen LogP) is 0.185. The molecule has 5 rings (SSSR count). The van der Waals surface area contributed by atoms with Gasteiger partial charge in [-0.25, -0.2) is 0 Å². The summed E-state index contributed by atoms with van der Waals surface area (Å²) in [7, 11) is -17.1. The predicted molar refractivity (Wildman–Crippen MR) is 183 cm³/mol. The molecule has 0 amide bonds. The van der Waals surface area contributed by atoms with Crippen molar-refractivity contribution < 1.29 is 100 Å². The summed E-state index contributed by atoms with van der Waals surface area (Å²) in [5.74, 6) is -7.28. The van der Waals surface area contributed by atoms with Crippen LogP contribution in [0.3, 0.4) is 0 Å². The van der Waals surface area contributed by atoms with E-state index in [1.54, 1.807) is 36.4 Å². The number of hydrogen-bond acceptors (Lipinski definition) is 8. The summed E-state index contributed by atoms with van der Waals surface area (Å²) in [6, 6.07) is 18.0. The van der Waals surface area contributed by atoms with E-state index in [4.69, 9.17) is 0 Å². The van der Waals surface area contributed by atoms with Crippen LogP contribution in [-0.4, -0.2) is 69.2 Å². The van der Waals surface area contributed by atoms with Crippen LogP contribution >= 0.6 is 0 Å². The molecule has 0 unspecified atom stereocenters. The molecule has 0 spiro atoms. The Morgan fingerprint density at radius 3 is 1.00 bits per heavy atom. The number of fused-ring (bicyclic) bond motifs is 2. The third-order valence-electron chi connectivity index (χ3n) is 8.32. The average Bonchev–Trinajstić information content (AvgIpc) is 2.98. The summed E-state index contributed by atoms with van der Waals surface area (Å²) in [5.41, 5.74) is -0.215. The molecule has 0 heterocycles. The molecule has 0 N–H and O–H groups in total. The Bertz CT molecular complexity index is 2420. The molecule has 0 fully saturated rings. The first-order valence-corrected chi connectivity index (χ1v) is 33.4. The molecule has 0 aliphatic rings. The molecule has 0 bridgehead atoms. The van der Waals surface area contributed by atoms with Crippen LogP contribution in [0.15, 0.2) is 72.8 Å². The molecule has 0 aromatic heterocycles. The third kappa shape index (κ3) is 7.75. The zero-order valence-corrected chi connectivity index (χ0v) is 41.2. The van der Waals surface area contributed by atoms with Crippen molar-refractivity contribution in [2.24, 2.45) is 0 Å². The maximum atomic E-state index is 15.9. The molecule has 254 valence electrons. The van der Waals surface area contributed by atoms with Crippen LogP contribution in [0, 0.1) is 23.3 Å². The van der Waals surface area contributed by atoms with Crippen LogP contribution < -0.4 is 23.2 Å². The molecule has 0 atom stereocenters. The number of rotatable bonds is 10. The van der Waals surface area contributed by atoms with E-state index in [1.165, 1.54) is 36.4 Å². The molecular weight excluding hydrogens is 1120 g/mol. The minimum atomic E-state index is -4.27. The van der Waals surface area contributed by atoms with Gasteiger partial charge in [-0.1, -0.05) is 0 Å². The second-order valence-corrected chi connectivity index (χ2v) is 35.6. The number of halogens is 4. The van der Waals surface area contributed by atoms with Crippen molar-refractivity contribution in [3.63, 3.8) is 0 Å². The molecular formula is C30H24B2F4Hg2O8S4. The molecule has 8 nitrogen and oxygen atoms in total. The zero-order chi connectivity index (χ0) is 37.1. The van der Waals surface area contributed by atoms with Crippen molar-refractivity contribution in [3.05, 3.63) is 96.1 Å². The van der Waals surface area contributed by atoms with Crippen LogP contribution in [-0.2, 0) is 87.9 Å². The molecule has 5 aromatic rings. The molecule has 50 heavy (non-hydrogen) atoms. The van der Waals surface area contributed by atoms with Gasteiger partial charge in [-0.2, -0.15) is 0 Å². The van der Waals surface area contributed by atoms with E-state index in [2.05, 4.69) is 0 Å². The SMILES string of the molecule is CS(=O)(=O)B(c1cccc2ccc[c]([Hg][c]3c(F)c(F)c(F)c(F)[c]3[Hg][c]3cccc4cccc(B(S(C)(=O)=O)S(C)(=O)=O)c34)c12)S(C)(=O)=O. The normalized spacial score (nSPS) is 12.5. The first kappa shape index (κ1) is 39.3. The number of benzene rings is 5. The van der Waals surface area contributed by atoms with Gasteiger partial charge in [-0.05, 0) is 0 Å². The topological polar surface area (TPSA) is 137 Å². The standard InChI is InChI=1S/2C12H12BO4S2.C6F4.2Hg/c2*1-18(14,15)13(19(2,16)17)12-9-5-7-10-6-3-4-8-11(10)12;7-3-1-2-4(8)6(10)5(3)9;;/h2*3-7,9H,1-2H3;;;. The van der Waals surface area contributed by atoms with Crippen LogP contribution in [0.25, 0.3) is 21.5 Å². The fraction of sp³-hybridized carbons (Fsp3) is 0.133. The van der Waals surface area contributed by atoms with Gasteiger partial charge in [0.05, 0.1) is 0 Å². The van der Waals surface area contributed by atoms with Crippen molar-refractivity contribution in [2.75, 3.05) is 25.0 Å². The Hall–Kier alpha value is -1.86. The zero-order valence-electron chi connectivity index (χ0n) is 26.9. The molecule has 5 aromatic carbocycles. The van der Waals surface area contributed by atoms with Gasteiger partial charge in [-0.3, -0.25) is 0 Å². The molecule has 0 saturated heterocycles. The van der Waals surface area contributed by atoms with E-state index < -0.39 is 122 Å². The Kier molecular flexibility index (Phi) is 11.2. The monoisotopic (exact) mass is 1140 g/mol. The Morgan fingerprint density at radius 2 is 0.720 bits per heavy atom. The van der Waals surface area contributed by atoms with Gasteiger partial charge < -0.3 is 0 Å². The van der Waals surface area contributed by atoms with Crippen LogP contribution in [0.2, 0.25) is 0 Å². The minimum absolute atomic E-state index is 0.107. The molecule has 20 heteroatoms. The third-order valence-corrected chi connectivity index (χ3v) is 40.2. The first-order valence-electron chi connectivity index (χ1n) is 14.6. The fourth-order valence-electron chi connectivity index (χ4n) is 6.62. The van der Waals surface area contributed by atoms with Crippen LogP contribution in [0.5, 0.6) is 0 Å². The Labute approximate surface area is 312 Å². The molecule has 0 aliphatic heterocycles. The van der Waals surface area contributed by atoms with E-state index in [9.17, 15) is 42.5 Å². The summed E-state index contributed by atoms with van der Waals surface area (Å²) in [5, 5.41) is -2.82. The maximum absolute atomic E-state index is 15.9. The Morgan fingerprint density at radius 1 is 0.440 bits per heavy atom. The summed E-state index contributed by atoms with van der Waals surface area (Å²) < 4.78 is 164. The van der Waals surface area contributed by atoms with Gasteiger partial charge in [-0.15, -0.1) is 0 Å². The second-order valence-electron chi connectivity index (χ2n) is 12.3. The van der Waals surface area contributed by atoms with Crippen molar-refractivity contribution in [1.29, 1.82) is 0 Å². The van der Waals surface area contributed by atoms with E-state index in [0.29, 0.717) is 16.9 Å². The van der Waals surface area contributed by atoms with Crippen LogP contribution in [0.1, 0.15) is 0 Å². The van der Waals surface area contributed by atoms with Gasteiger partial charge in [0, 0.05) is 0 Å². The fourth-order valence-corrected chi connectivity index (χ4v) is 37.6. The quantitative estimate of drug-likeness (QED) is 0.0838. The van der Waals surface area contributed by atoms with Gasteiger partial charge in [0.1, 0.15) is 0 Å². The summed E-state index contributed by atoms with van der Waals surface area (Å²) in [6.45, 7) is 0. The van der Waals surface area contributed by atoms with Gasteiger partial charge in [0.15, 0.2) is 0 Å². The van der Waals surface area contributed by atoms with Crippen molar-refractivity contribution in [1.82, 2.24) is 0 Å². The molecule has 0 aliphatic carbocycles. The summed E-state index contributed by atoms with van der Waals surface area (Å²) in [4.78, 5) is 0. The van der Waals surface area contributed by atoms with E-state index >= 15 is 8.78 Å². The molecule has 0 saturated carbocycles. The van der Waals surface area contributed by atoms with E-state index in [0.717, 1.165) is 25.0 Å². The van der Waals surface area contributed by atoms with Crippen molar-refractivity contribution in [3.8, 4) is 0 Å². The van der Waals surface area contributed by atoms with Crippen LogP contribution in [0.4, 0.5) is 17.6 Å². The molecule has 0 radical (unpaired) electrons. The Balaban J connectivity index is 1.80. The first-order chi connectivity index (χ1) is 23.0. The van der Waals surface area contributed by atoms with Gasteiger partial charge in [0.2, 0.25) is 0 Å². The second kappa shape index (κ2) is 14.2. The van der Waals surface area contributed by atoms with Crippen molar-refractivity contribution >= 4 is 94.1 Å². The summed E-state index contributed by atoms with van der Waals surface area (Å²) in [6.07, 6.45) is 3.05. The average molecular weight is 1140 g/mol. The van der Waals surface area contributed by atoms with Gasteiger partial charge >= 0.3 is 316 Å².